The van der Waals surface area contributed by atoms with Crippen molar-refractivity contribution in [1.29, 1.82) is 0 Å². The number of ether oxygens (including phenoxy) is 1. The summed E-state index contributed by atoms with van der Waals surface area (Å²) in [7, 11) is 1.40. The summed E-state index contributed by atoms with van der Waals surface area (Å²) in [5.74, 6) is -0.340. The topological polar surface area (TPSA) is 39.2 Å². The quantitative estimate of drug-likeness (QED) is 0.460. The van der Waals surface area contributed by atoms with Gasteiger partial charge in [-0.1, -0.05) is 56.5 Å². The number of methoxy groups -OCH3 is 1. The van der Waals surface area contributed by atoms with Crippen LogP contribution in [0.5, 0.6) is 0 Å². The Morgan fingerprint density at radius 1 is 1.08 bits per heavy atom. The molecule has 0 amide bonds. The molecule has 0 bridgehead atoms. The molecule has 1 heterocycles. The van der Waals surface area contributed by atoms with Crippen LogP contribution >= 0.6 is 0 Å². The van der Waals surface area contributed by atoms with Crippen LogP contribution in [0.4, 0.5) is 0 Å². The van der Waals surface area contributed by atoms with E-state index < -0.39 is 0 Å². The fourth-order valence-electron chi connectivity index (χ4n) is 3.16. The Morgan fingerprint density at radius 2 is 1.92 bits per heavy atom. The van der Waals surface area contributed by atoms with E-state index in [1.165, 1.54) is 38.4 Å². The predicted molar refractivity (Wildman–Crippen MR) is 97.6 cm³/mol. The summed E-state index contributed by atoms with van der Waals surface area (Å²) >= 11 is 0. The van der Waals surface area contributed by atoms with Crippen molar-refractivity contribution < 1.29 is 9.53 Å². The second kappa shape index (κ2) is 7.43. The summed E-state index contributed by atoms with van der Waals surface area (Å²) in [6.45, 7) is 2.23. The lowest BCUT2D eigenvalue weighted by Crippen LogP contribution is -2.01. The van der Waals surface area contributed by atoms with Crippen LogP contribution in [0.25, 0.3) is 22.2 Å². The summed E-state index contributed by atoms with van der Waals surface area (Å²) < 4.78 is 4.88. The van der Waals surface area contributed by atoms with Gasteiger partial charge in [-0.05, 0) is 30.5 Å². The van der Waals surface area contributed by atoms with Crippen LogP contribution in [0.15, 0.2) is 42.5 Å². The lowest BCUT2D eigenvalue weighted by atomic mass is 10.1. The standard InChI is InChI=1S/C21H23NO2/c1-3-4-5-6-9-15-10-7-11-16-17-12-8-13-18(21(23)24-2)20(17)22-19(16)14-15/h7-8,10-14H,3-6,9H2,1-2H3. The fourth-order valence-corrected chi connectivity index (χ4v) is 3.16. The normalized spacial score (nSPS) is 11.1. The van der Waals surface area contributed by atoms with Crippen LogP contribution in [0.1, 0.15) is 48.5 Å². The van der Waals surface area contributed by atoms with Crippen molar-refractivity contribution in [3.63, 3.8) is 0 Å². The molecule has 0 saturated carbocycles. The summed E-state index contributed by atoms with van der Waals surface area (Å²) in [6.07, 6.45) is 6.07. The summed E-state index contributed by atoms with van der Waals surface area (Å²) in [5.41, 5.74) is 4.57. The zero-order valence-electron chi connectivity index (χ0n) is 14.3. The zero-order valence-corrected chi connectivity index (χ0v) is 14.3. The number of esters is 1. The Kier molecular flexibility index (Phi) is 5.09. The van der Waals surface area contributed by atoms with E-state index in [2.05, 4.69) is 31.2 Å². The van der Waals surface area contributed by atoms with Gasteiger partial charge in [0, 0.05) is 10.9 Å². The highest BCUT2D eigenvalue weighted by molar-refractivity contribution is 6.08. The molecule has 2 aliphatic rings. The zero-order chi connectivity index (χ0) is 16.9. The van der Waals surface area contributed by atoms with E-state index in [4.69, 9.17) is 9.72 Å². The maximum atomic E-state index is 12.0. The smallest absolute Gasteiger partial charge is 0.340 e. The molecule has 0 fully saturated rings. The number of unbranched alkanes of at least 4 members (excludes halogenated alkanes) is 3. The Morgan fingerprint density at radius 3 is 2.71 bits per heavy atom. The third-order valence-electron chi connectivity index (χ3n) is 4.45. The van der Waals surface area contributed by atoms with Crippen molar-refractivity contribution in [3.05, 3.63) is 53.6 Å². The average Bonchev–Trinajstić information content (AvgIpc) is 2.82. The van der Waals surface area contributed by atoms with Gasteiger partial charge in [0.05, 0.1) is 23.9 Å². The van der Waals surface area contributed by atoms with E-state index in [1.54, 1.807) is 6.07 Å². The molecule has 3 heteroatoms. The molecule has 0 N–H and O–H groups in total. The van der Waals surface area contributed by atoms with E-state index in [9.17, 15) is 4.79 Å². The van der Waals surface area contributed by atoms with Crippen LogP contribution in [0.2, 0.25) is 0 Å². The van der Waals surface area contributed by atoms with Gasteiger partial charge in [0.2, 0.25) is 0 Å². The first kappa shape index (κ1) is 16.4. The molecular weight excluding hydrogens is 298 g/mol. The molecule has 0 unspecified atom stereocenters. The molecule has 0 radical (unpaired) electrons. The van der Waals surface area contributed by atoms with Crippen LogP contribution in [0, 0.1) is 0 Å². The van der Waals surface area contributed by atoms with Crippen molar-refractivity contribution in [3.8, 4) is 11.3 Å². The number of carbonyl (C=O) groups excluding carboxylic acids is 1. The number of nitrogens with zero attached hydrogens (tertiary/aromatic N) is 1. The van der Waals surface area contributed by atoms with Crippen LogP contribution in [-0.2, 0) is 11.2 Å². The second-order valence-electron chi connectivity index (χ2n) is 6.16. The Labute approximate surface area is 143 Å². The number of hydrogen-bond acceptors (Lipinski definition) is 3. The average molecular weight is 321 g/mol. The van der Waals surface area contributed by atoms with Gasteiger partial charge < -0.3 is 4.74 Å². The van der Waals surface area contributed by atoms with E-state index in [0.29, 0.717) is 5.56 Å². The highest BCUT2D eigenvalue weighted by Gasteiger charge is 2.17. The molecule has 3 nitrogen and oxygen atoms in total. The first-order valence-corrected chi connectivity index (χ1v) is 8.64. The van der Waals surface area contributed by atoms with E-state index in [-0.39, 0.29) is 5.97 Å². The number of benzene rings is 1. The molecule has 1 aliphatic heterocycles. The number of hydrogen-bond donors (Lipinski definition) is 0. The maximum Gasteiger partial charge on any atom is 0.340 e. The van der Waals surface area contributed by atoms with Gasteiger partial charge in [-0.2, -0.15) is 0 Å². The third-order valence-corrected chi connectivity index (χ3v) is 4.45. The Hall–Kier alpha value is -2.42. The second-order valence-corrected chi connectivity index (χ2v) is 6.16. The monoisotopic (exact) mass is 321 g/mol. The fraction of sp³-hybridized carbons (Fsp3) is 0.333. The van der Waals surface area contributed by atoms with Crippen molar-refractivity contribution in [2.24, 2.45) is 0 Å². The highest BCUT2D eigenvalue weighted by atomic mass is 16.5. The van der Waals surface area contributed by atoms with Gasteiger partial charge in [0.1, 0.15) is 0 Å². The number of carbonyl (C=O) groups is 1. The molecule has 24 heavy (non-hydrogen) atoms. The minimum absolute atomic E-state index is 0.340. The Bertz CT molecular complexity index is 825. The van der Waals surface area contributed by atoms with E-state index in [1.807, 2.05) is 12.1 Å². The van der Waals surface area contributed by atoms with Crippen molar-refractivity contribution in [1.82, 2.24) is 4.98 Å². The molecule has 3 rings (SSSR count). The SMILES string of the molecule is CCCCCCc1cccc2c3cccc(C(=O)OC)c3nc-2c1. The number of fused-ring (bicyclic) bond motifs is 3. The minimum Gasteiger partial charge on any atom is -0.465 e. The van der Waals surface area contributed by atoms with Gasteiger partial charge in [-0.15, -0.1) is 0 Å². The van der Waals surface area contributed by atoms with Crippen molar-refractivity contribution in [2.75, 3.05) is 7.11 Å². The minimum atomic E-state index is -0.340. The Balaban J connectivity index is 2.00. The van der Waals surface area contributed by atoms with E-state index >= 15 is 0 Å². The first-order chi connectivity index (χ1) is 11.7. The van der Waals surface area contributed by atoms with Gasteiger partial charge in [-0.25, -0.2) is 9.78 Å². The predicted octanol–water partition coefficient (Wildman–Crippen LogP) is 5.25. The molecular formula is C21H23NO2. The van der Waals surface area contributed by atoms with Crippen LogP contribution < -0.4 is 0 Å². The maximum absolute atomic E-state index is 12.0. The lowest BCUT2D eigenvalue weighted by Gasteiger charge is -1.99. The molecule has 1 aromatic rings. The lowest BCUT2D eigenvalue weighted by molar-refractivity contribution is 0.0603. The van der Waals surface area contributed by atoms with Crippen LogP contribution in [-0.4, -0.2) is 18.1 Å². The number of para-hydroxylation sites is 1. The summed E-state index contributed by atoms with van der Waals surface area (Å²) in [5, 5.41) is 1.00. The number of aromatic nitrogens is 1. The van der Waals surface area contributed by atoms with Gasteiger partial charge in [0.25, 0.3) is 0 Å². The van der Waals surface area contributed by atoms with Crippen LogP contribution in [0.3, 0.4) is 0 Å². The number of rotatable bonds is 6. The largest absolute Gasteiger partial charge is 0.465 e. The molecule has 0 saturated heterocycles. The van der Waals surface area contributed by atoms with E-state index in [0.717, 1.165) is 28.6 Å². The molecule has 0 spiro atoms. The van der Waals surface area contributed by atoms with Gasteiger partial charge in [-0.3, -0.25) is 0 Å². The summed E-state index contributed by atoms with van der Waals surface area (Å²) in [6, 6.07) is 14.2. The van der Waals surface area contributed by atoms with Gasteiger partial charge in [0.15, 0.2) is 0 Å². The molecule has 0 atom stereocenters. The summed E-state index contributed by atoms with van der Waals surface area (Å²) in [4.78, 5) is 16.7. The molecule has 0 aromatic heterocycles. The third kappa shape index (κ3) is 3.25. The van der Waals surface area contributed by atoms with Gasteiger partial charge >= 0.3 is 5.97 Å². The van der Waals surface area contributed by atoms with Crippen molar-refractivity contribution in [2.45, 2.75) is 39.0 Å². The molecule has 1 aliphatic carbocycles. The van der Waals surface area contributed by atoms with Crippen molar-refractivity contribution >= 4 is 16.9 Å². The first-order valence-electron chi connectivity index (χ1n) is 8.64. The highest BCUT2D eigenvalue weighted by Crippen LogP contribution is 2.33. The number of aryl methyl sites for hydroxylation is 1. The molecule has 1 aromatic carbocycles. The molecule has 124 valence electrons.